The smallest absolute Gasteiger partial charge is 0.103 e. The fraction of sp³-hybridized carbons (Fsp3) is 1.00. The molecule has 0 N–H and O–H groups in total. The van der Waals surface area contributed by atoms with Gasteiger partial charge in [-0.1, -0.05) is 77.0 Å². The van der Waals surface area contributed by atoms with Gasteiger partial charge in [0.1, 0.15) is 14.3 Å². The molecule has 0 unspecified atom stereocenters. The lowest BCUT2D eigenvalue weighted by Gasteiger charge is -2.49. The van der Waals surface area contributed by atoms with E-state index in [1.165, 1.54) is 77.0 Å². The Morgan fingerprint density at radius 2 is 0.633 bits per heavy atom. The highest BCUT2D eigenvalue weighted by atomic mass is 31.2. The van der Waals surface area contributed by atoms with Crippen LogP contribution in [0.15, 0.2) is 0 Å². The molecule has 2 nitrogen and oxygen atoms in total. The molecule has 0 saturated heterocycles. The van der Waals surface area contributed by atoms with Crippen molar-refractivity contribution in [3.63, 3.8) is 0 Å². The lowest BCUT2D eigenvalue weighted by Crippen LogP contribution is -2.35. The van der Waals surface area contributed by atoms with Gasteiger partial charge in [-0.2, -0.15) is 0 Å². The van der Waals surface area contributed by atoms with Crippen LogP contribution in [0, 0.1) is 0 Å². The van der Waals surface area contributed by atoms with Gasteiger partial charge in [0.05, 0.1) is 5.40 Å². The molecular formula is C26H48O2P2. The minimum absolute atomic E-state index is 0.0161. The summed E-state index contributed by atoms with van der Waals surface area (Å²) in [6.45, 7) is 2.29. The monoisotopic (exact) mass is 454 g/mol. The molecule has 174 valence electrons. The predicted octanol–water partition coefficient (Wildman–Crippen LogP) is 9.39. The molecule has 0 bridgehead atoms. The molecule has 4 heteroatoms. The molecule has 0 aromatic heterocycles. The van der Waals surface area contributed by atoms with Gasteiger partial charge in [-0.3, -0.25) is 0 Å². The van der Waals surface area contributed by atoms with Gasteiger partial charge in [0.2, 0.25) is 0 Å². The molecule has 30 heavy (non-hydrogen) atoms. The summed E-state index contributed by atoms with van der Waals surface area (Å²) < 4.78 is 30.8. The zero-order chi connectivity index (χ0) is 21.0. The van der Waals surface area contributed by atoms with E-state index < -0.39 is 14.3 Å². The van der Waals surface area contributed by atoms with Gasteiger partial charge in [-0.25, -0.2) is 0 Å². The van der Waals surface area contributed by atoms with E-state index in [1.54, 1.807) is 0 Å². The Balaban J connectivity index is 1.71. The molecule has 0 atom stereocenters. The van der Waals surface area contributed by atoms with Gasteiger partial charge >= 0.3 is 0 Å². The van der Waals surface area contributed by atoms with E-state index in [-0.39, 0.29) is 5.40 Å². The first-order valence-electron chi connectivity index (χ1n) is 13.8. The fourth-order valence-electron chi connectivity index (χ4n) is 8.04. The highest BCUT2D eigenvalue weighted by molar-refractivity contribution is 7.83. The van der Waals surface area contributed by atoms with Crippen molar-refractivity contribution in [1.29, 1.82) is 0 Å². The third-order valence-corrected chi connectivity index (χ3v) is 20.9. The summed E-state index contributed by atoms with van der Waals surface area (Å²) in [5.41, 5.74) is 1.57. The van der Waals surface area contributed by atoms with Crippen LogP contribution < -0.4 is 0 Å². The van der Waals surface area contributed by atoms with Crippen molar-refractivity contribution in [2.75, 3.05) is 0 Å². The second-order valence-corrected chi connectivity index (χ2v) is 19.3. The number of rotatable bonds is 6. The number of hydrogen-bond donors (Lipinski definition) is 0. The van der Waals surface area contributed by atoms with Gasteiger partial charge in [0.25, 0.3) is 0 Å². The van der Waals surface area contributed by atoms with E-state index in [2.05, 4.69) is 6.92 Å². The van der Waals surface area contributed by atoms with Crippen LogP contribution in [0.25, 0.3) is 0 Å². The molecule has 0 aromatic carbocycles. The summed E-state index contributed by atoms with van der Waals surface area (Å²) in [7, 11) is -4.96. The topological polar surface area (TPSA) is 34.1 Å². The maximum Gasteiger partial charge on any atom is 0.103 e. The second-order valence-electron chi connectivity index (χ2n) is 11.3. The van der Waals surface area contributed by atoms with E-state index in [1.807, 2.05) is 0 Å². The van der Waals surface area contributed by atoms with Crippen LogP contribution in [0.3, 0.4) is 0 Å². The average Bonchev–Trinajstić information content (AvgIpc) is 2.84. The molecule has 0 amide bonds. The van der Waals surface area contributed by atoms with Crippen LogP contribution in [0.5, 0.6) is 0 Å². The average molecular weight is 455 g/mol. The summed E-state index contributed by atoms with van der Waals surface area (Å²) in [5.74, 6) is 0. The summed E-state index contributed by atoms with van der Waals surface area (Å²) in [6, 6.07) is 0. The molecule has 4 rings (SSSR count). The summed E-state index contributed by atoms with van der Waals surface area (Å²) in [4.78, 5) is 0. The standard InChI is InChI=1S/C26H48O2P2/c1-22(29(27,23-14-6-2-7-15-23)24-16-8-3-9-17-24)30(28,25-18-10-4-11-19-25)26-20-12-5-13-21-26/h22-26H,2-21H2,1H3. The second kappa shape index (κ2) is 10.6. The van der Waals surface area contributed by atoms with Crippen LogP contribution in [-0.2, 0) is 9.13 Å². The van der Waals surface area contributed by atoms with Crippen LogP contribution in [-0.4, -0.2) is 28.0 Å². The van der Waals surface area contributed by atoms with E-state index in [0.717, 1.165) is 51.4 Å². The third kappa shape index (κ3) is 4.58. The van der Waals surface area contributed by atoms with Gasteiger partial charge in [-0.05, 0) is 58.3 Å². The molecule has 0 radical (unpaired) electrons. The summed E-state index contributed by atoms with van der Waals surface area (Å²) in [6.07, 6.45) is 24.6. The third-order valence-electron chi connectivity index (χ3n) is 9.75. The molecule has 0 spiro atoms. The van der Waals surface area contributed by atoms with Crippen molar-refractivity contribution in [3.8, 4) is 0 Å². The van der Waals surface area contributed by atoms with Gasteiger partial charge in [-0.15, -0.1) is 0 Å². The number of hydrogen-bond acceptors (Lipinski definition) is 2. The highest BCUT2D eigenvalue weighted by Crippen LogP contribution is 2.80. The predicted molar refractivity (Wildman–Crippen MR) is 132 cm³/mol. The fourth-order valence-corrected chi connectivity index (χ4v) is 20.9. The Morgan fingerprint density at radius 1 is 0.433 bits per heavy atom. The SMILES string of the molecule is CC(P(=O)(C1CCCCC1)C1CCCCC1)P(=O)(C1CCCCC1)C1CCCCC1. The molecule has 4 aliphatic carbocycles. The summed E-state index contributed by atoms with van der Waals surface area (Å²) >= 11 is 0. The van der Waals surface area contributed by atoms with E-state index >= 15 is 9.13 Å². The Labute approximate surface area is 186 Å². The first kappa shape index (κ1) is 23.6. The minimum Gasteiger partial charge on any atom is -0.322 e. The highest BCUT2D eigenvalue weighted by Gasteiger charge is 2.55. The van der Waals surface area contributed by atoms with Crippen molar-refractivity contribution in [1.82, 2.24) is 0 Å². The van der Waals surface area contributed by atoms with Crippen LogP contribution >= 0.6 is 14.3 Å². The quantitative estimate of drug-likeness (QED) is 0.375. The first-order chi connectivity index (χ1) is 14.6. The molecule has 0 heterocycles. The van der Waals surface area contributed by atoms with Crippen LogP contribution in [0.2, 0.25) is 0 Å². The molecule has 4 aliphatic rings. The van der Waals surface area contributed by atoms with Gasteiger partial charge in [0, 0.05) is 22.6 Å². The van der Waals surface area contributed by atoms with Crippen LogP contribution in [0.4, 0.5) is 0 Å². The van der Waals surface area contributed by atoms with Gasteiger partial charge in [0.15, 0.2) is 0 Å². The molecular weight excluding hydrogens is 406 g/mol. The Bertz CT molecular complexity index is 523. The van der Waals surface area contributed by atoms with Crippen molar-refractivity contribution in [2.24, 2.45) is 0 Å². The normalized spacial score (nSPS) is 27.5. The Morgan fingerprint density at radius 3 is 0.833 bits per heavy atom. The van der Waals surface area contributed by atoms with E-state index in [4.69, 9.17) is 0 Å². The van der Waals surface area contributed by atoms with Crippen molar-refractivity contribution in [2.45, 2.75) is 163 Å². The zero-order valence-corrected chi connectivity index (χ0v) is 21.5. The summed E-state index contributed by atoms with van der Waals surface area (Å²) in [5, 5.41) is 0.0161. The zero-order valence-electron chi connectivity index (χ0n) is 19.7. The molecule has 4 saturated carbocycles. The van der Waals surface area contributed by atoms with E-state index in [9.17, 15) is 0 Å². The van der Waals surface area contributed by atoms with Crippen molar-refractivity contribution < 1.29 is 9.13 Å². The molecule has 0 aliphatic heterocycles. The maximum absolute atomic E-state index is 15.4. The molecule has 0 aromatic rings. The lowest BCUT2D eigenvalue weighted by atomic mass is 9.99. The van der Waals surface area contributed by atoms with Crippen molar-refractivity contribution >= 4 is 14.3 Å². The van der Waals surface area contributed by atoms with Crippen molar-refractivity contribution in [3.05, 3.63) is 0 Å². The molecule has 4 fully saturated rings. The van der Waals surface area contributed by atoms with Gasteiger partial charge < -0.3 is 9.13 Å². The lowest BCUT2D eigenvalue weighted by molar-refractivity contribution is 0.433. The largest absolute Gasteiger partial charge is 0.322 e. The Kier molecular flexibility index (Phi) is 8.34. The van der Waals surface area contributed by atoms with E-state index in [0.29, 0.717) is 22.6 Å². The minimum atomic E-state index is -2.48. The maximum atomic E-state index is 15.4. The first-order valence-corrected chi connectivity index (χ1v) is 17.6. The van der Waals surface area contributed by atoms with Crippen LogP contribution in [0.1, 0.15) is 135 Å². The Hall–Kier alpha value is 0.460.